The molecule has 2 atom stereocenters. The van der Waals surface area contributed by atoms with Gasteiger partial charge in [0, 0.05) is 24.8 Å². The predicted molar refractivity (Wildman–Crippen MR) is 116 cm³/mol. The van der Waals surface area contributed by atoms with E-state index in [-0.39, 0.29) is 23.3 Å². The summed E-state index contributed by atoms with van der Waals surface area (Å²) in [5.74, 6) is 0.144. The Morgan fingerprint density at radius 2 is 2.17 bits per heavy atom. The van der Waals surface area contributed by atoms with Crippen molar-refractivity contribution in [2.45, 2.75) is 54.5 Å². The molecule has 1 N–H and O–H groups in total. The number of rotatable bonds is 6. The van der Waals surface area contributed by atoms with Crippen LogP contribution in [0.3, 0.4) is 0 Å². The van der Waals surface area contributed by atoms with Gasteiger partial charge in [-0.2, -0.15) is 0 Å². The van der Waals surface area contributed by atoms with Crippen molar-refractivity contribution >= 4 is 29.4 Å². The molecule has 2 unspecified atom stereocenters. The van der Waals surface area contributed by atoms with Gasteiger partial charge < -0.3 is 10.1 Å². The van der Waals surface area contributed by atoms with Crippen LogP contribution in [0.1, 0.15) is 31.0 Å². The molecule has 0 aliphatic carbocycles. The molecule has 8 heteroatoms. The van der Waals surface area contributed by atoms with Gasteiger partial charge in [-0.1, -0.05) is 36.4 Å². The Bertz CT molecular complexity index is 953. The molecule has 29 heavy (non-hydrogen) atoms. The van der Waals surface area contributed by atoms with Crippen molar-refractivity contribution in [2.75, 3.05) is 18.9 Å². The Balaban J connectivity index is 1.55. The quantitative estimate of drug-likeness (QED) is 0.560. The van der Waals surface area contributed by atoms with Crippen LogP contribution >= 0.6 is 23.5 Å². The van der Waals surface area contributed by atoms with Gasteiger partial charge in [-0.3, -0.25) is 14.2 Å². The third-order valence-corrected chi connectivity index (χ3v) is 7.21. The first-order valence-electron chi connectivity index (χ1n) is 9.92. The fourth-order valence-electron chi connectivity index (χ4n) is 3.53. The number of aromatic nitrogens is 2. The molecule has 0 spiro atoms. The summed E-state index contributed by atoms with van der Waals surface area (Å²) in [6.07, 6.45) is 2.94. The molecular weight excluding hydrogens is 406 g/mol. The van der Waals surface area contributed by atoms with Gasteiger partial charge in [0.05, 0.1) is 28.1 Å². The van der Waals surface area contributed by atoms with Gasteiger partial charge in [-0.15, -0.1) is 11.8 Å². The summed E-state index contributed by atoms with van der Waals surface area (Å²) in [4.78, 5) is 31.1. The second-order valence-electron chi connectivity index (χ2n) is 7.51. The maximum atomic E-state index is 13.2. The van der Waals surface area contributed by atoms with E-state index in [2.05, 4.69) is 12.2 Å². The third kappa shape index (κ3) is 4.70. The molecular formula is C21H25N3O3S2. The number of aryl methyl sites for hydroxylation is 1. The van der Waals surface area contributed by atoms with Crippen molar-refractivity contribution in [1.29, 1.82) is 0 Å². The summed E-state index contributed by atoms with van der Waals surface area (Å²) in [6.45, 7) is 5.43. The van der Waals surface area contributed by atoms with Crippen LogP contribution in [-0.4, -0.2) is 45.7 Å². The summed E-state index contributed by atoms with van der Waals surface area (Å²) >= 11 is 2.89. The van der Waals surface area contributed by atoms with E-state index < -0.39 is 0 Å². The molecule has 1 fully saturated rings. The fraction of sp³-hybridized carbons (Fsp3) is 0.476. The third-order valence-electron chi connectivity index (χ3n) is 5.06. The normalized spacial score (nSPS) is 20.6. The van der Waals surface area contributed by atoms with E-state index in [4.69, 9.17) is 9.72 Å². The monoisotopic (exact) mass is 431 g/mol. The minimum absolute atomic E-state index is 0.0459. The minimum atomic E-state index is -0.0709. The summed E-state index contributed by atoms with van der Waals surface area (Å²) in [5.41, 5.74) is 2.70. The lowest BCUT2D eigenvalue weighted by atomic mass is 10.2. The number of benzene rings is 1. The van der Waals surface area contributed by atoms with Crippen LogP contribution in [0.4, 0.5) is 0 Å². The molecule has 0 radical (unpaired) electrons. The first-order chi connectivity index (χ1) is 14.0. The number of hydrogen-bond acceptors (Lipinski definition) is 6. The van der Waals surface area contributed by atoms with E-state index in [1.54, 1.807) is 16.3 Å². The number of nitrogens with one attached hydrogen (secondary N) is 1. The molecule has 0 saturated carbocycles. The number of nitrogens with zero attached hydrogens (tertiary/aromatic N) is 2. The topological polar surface area (TPSA) is 73.2 Å². The van der Waals surface area contributed by atoms with Crippen molar-refractivity contribution < 1.29 is 9.53 Å². The van der Waals surface area contributed by atoms with Crippen LogP contribution in [0.25, 0.3) is 5.69 Å². The first kappa shape index (κ1) is 20.5. The molecule has 6 nitrogen and oxygen atoms in total. The zero-order chi connectivity index (χ0) is 20.4. The van der Waals surface area contributed by atoms with Gasteiger partial charge in [0.25, 0.3) is 5.56 Å². The summed E-state index contributed by atoms with van der Waals surface area (Å²) in [5, 5.41) is 3.84. The van der Waals surface area contributed by atoms with E-state index in [1.807, 2.05) is 31.2 Å². The van der Waals surface area contributed by atoms with Crippen LogP contribution in [-0.2, 0) is 16.0 Å². The number of fused-ring (bicyclic) bond motifs is 1. The van der Waals surface area contributed by atoms with Crippen molar-refractivity contribution in [3.05, 3.63) is 45.9 Å². The van der Waals surface area contributed by atoms with Crippen molar-refractivity contribution in [3.63, 3.8) is 0 Å². The second kappa shape index (κ2) is 8.93. The van der Waals surface area contributed by atoms with Crippen LogP contribution in [0.15, 0.2) is 39.1 Å². The van der Waals surface area contributed by atoms with Gasteiger partial charge in [-0.25, -0.2) is 4.98 Å². The number of hydrogen-bond donors (Lipinski definition) is 1. The lowest BCUT2D eigenvalue weighted by Gasteiger charge is -2.14. The summed E-state index contributed by atoms with van der Waals surface area (Å²) in [7, 11) is 0. The highest BCUT2D eigenvalue weighted by Gasteiger charge is 2.27. The van der Waals surface area contributed by atoms with E-state index in [0.29, 0.717) is 17.0 Å². The van der Waals surface area contributed by atoms with Crippen LogP contribution in [0.2, 0.25) is 0 Å². The maximum Gasteiger partial charge on any atom is 0.272 e. The zero-order valence-corrected chi connectivity index (χ0v) is 18.3. The Morgan fingerprint density at radius 1 is 1.38 bits per heavy atom. The Morgan fingerprint density at radius 3 is 2.90 bits per heavy atom. The number of amides is 1. The Kier molecular flexibility index (Phi) is 6.32. The van der Waals surface area contributed by atoms with Gasteiger partial charge in [0.1, 0.15) is 0 Å². The molecule has 1 aromatic heterocycles. The number of carbonyl (C=O) groups is 1. The standard InChI is InChI=1S/C21H25N3O3S2/c1-13-5-7-15(8-6-13)24-20(26)19-17(10-14(2)29-19)23-21(24)28-12-18(25)22-11-16-4-3-9-27-16/h5-8,14,16H,3-4,9-12H2,1-2H3,(H,22,25). The zero-order valence-electron chi connectivity index (χ0n) is 16.6. The van der Waals surface area contributed by atoms with Gasteiger partial charge in [0.15, 0.2) is 5.16 Å². The maximum absolute atomic E-state index is 13.2. The molecule has 1 saturated heterocycles. The molecule has 2 aliphatic heterocycles. The molecule has 4 rings (SSSR count). The lowest BCUT2D eigenvalue weighted by molar-refractivity contribution is -0.119. The van der Waals surface area contributed by atoms with Crippen LogP contribution in [0.5, 0.6) is 0 Å². The van der Waals surface area contributed by atoms with Crippen LogP contribution in [0, 0.1) is 6.92 Å². The lowest BCUT2D eigenvalue weighted by Crippen LogP contribution is -2.33. The predicted octanol–water partition coefficient (Wildman–Crippen LogP) is 2.96. The largest absolute Gasteiger partial charge is 0.376 e. The SMILES string of the molecule is Cc1ccc(-n2c(SCC(=O)NCC3CCCO3)nc3c(c2=O)SC(C)C3)cc1. The highest BCUT2D eigenvalue weighted by Crippen LogP contribution is 2.34. The average molecular weight is 432 g/mol. The highest BCUT2D eigenvalue weighted by atomic mass is 32.2. The van der Waals surface area contributed by atoms with E-state index in [0.717, 1.165) is 47.7 Å². The van der Waals surface area contributed by atoms with Crippen LogP contribution < -0.4 is 10.9 Å². The summed E-state index contributed by atoms with van der Waals surface area (Å²) in [6, 6.07) is 7.81. The average Bonchev–Trinajstić information content (AvgIpc) is 3.35. The second-order valence-corrected chi connectivity index (χ2v) is 9.90. The van der Waals surface area contributed by atoms with Gasteiger partial charge in [-0.05, 0) is 31.9 Å². The number of thioether (sulfide) groups is 2. The van der Waals surface area contributed by atoms with Gasteiger partial charge in [0.2, 0.25) is 5.91 Å². The van der Waals surface area contributed by atoms with E-state index in [9.17, 15) is 9.59 Å². The molecule has 1 amide bonds. The van der Waals surface area contributed by atoms with E-state index in [1.165, 1.54) is 11.8 Å². The van der Waals surface area contributed by atoms with Crippen molar-refractivity contribution in [3.8, 4) is 5.69 Å². The molecule has 2 aliphatic rings. The van der Waals surface area contributed by atoms with Gasteiger partial charge >= 0.3 is 0 Å². The molecule has 1 aromatic carbocycles. The fourth-order valence-corrected chi connectivity index (χ4v) is 5.49. The molecule has 0 bridgehead atoms. The molecule has 3 heterocycles. The minimum Gasteiger partial charge on any atom is -0.376 e. The molecule has 154 valence electrons. The molecule has 2 aromatic rings. The summed E-state index contributed by atoms with van der Waals surface area (Å²) < 4.78 is 7.19. The van der Waals surface area contributed by atoms with Crippen molar-refractivity contribution in [2.24, 2.45) is 0 Å². The Labute approximate surface area is 178 Å². The van der Waals surface area contributed by atoms with E-state index >= 15 is 0 Å². The Hall–Kier alpha value is -1.77. The number of ether oxygens (including phenoxy) is 1. The smallest absolute Gasteiger partial charge is 0.272 e. The highest BCUT2D eigenvalue weighted by molar-refractivity contribution is 8.00. The first-order valence-corrected chi connectivity index (χ1v) is 11.8. The van der Waals surface area contributed by atoms with Crippen molar-refractivity contribution in [1.82, 2.24) is 14.9 Å². The number of carbonyl (C=O) groups excluding carboxylic acids is 1.